The van der Waals surface area contributed by atoms with Crippen LogP contribution in [0.1, 0.15) is 12.0 Å². The summed E-state index contributed by atoms with van der Waals surface area (Å²) in [6, 6.07) is 5.88. The minimum atomic E-state index is 0. The Balaban J connectivity index is 0.00000484. The van der Waals surface area contributed by atoms with E-state index in [-0.39, 0.29) is 24.0 Å². The van der Waals surface area contributed by atoms with Gasteiger partial charge in [0.2, 0.25) is 0 Å². The molecule has 0 bridgehead atoms. The summed E-state index contributed by atoms with van der Waals surface area (Å²) in [5.74, 6) is 2.27. The average Bonchev–Trinajstić information content (AvgIpc) is 2.53. The van der Waals surface area contributed by atoms with Crippen LogP contribution in [-0.2, 0) is 6.54 Å². The Morgan fingerprint density at radius 3 is 2.39 bits per heavy atom. The molecule has 1 rings (SSSR count). The third-order valence-corrected chi connectivity index (χ3v) is 3.21. The first-order valence-corrected chi connectivity index (χ1v) is 7.40. The van der Waals surface area contributed by atoms with Crippen molar-refractivity contribution in [3.05, 3.63) is 23.8 Å². The van der Waals surface area contributed by atoms with Gasteiger partial charge in [0, 0.05) is 20.1 Å². The quantitative estimate of drug-likeness (QED) is 0.282. The van der Waals surface area contributed by atoms with E-state index >= 15 is 0 Å². The zero-order chi connectivity index (χ0) is 16.4. The molecular weight excluding hydrogens is 407 g/mol. The van der Waals surface area contributed by atoms with Crippen LogP contribution in [0, 0.1) is 0 Å². The maximum absolute atomic E-state index is 5.31. The number of guanidine groups is 1. The second kappa shape index (κ2) is 12.2. The first-order chi connectivity index (χ1) is 10.6. The Kier molecular flexibility index (Phi) is 11.6. The van der Waals surface area contributed by atoms with E-state index in [1.165, 1.54) is 0 Å². The highest BCUT2D eigenvalue weighted by Gasteiger charge is 2.05. The van der Waals surface area contributed by atoms with Crippen LogP contribution in [-0.4, -0.2) is 59.3 Å². The molecule has 132 valence electrons. The van der Waals surface area contributed by atoms with E-state index in [1.54, 1.807) is 21.3 Å². The van der Waals surface area contributed by atoms with E-state index < -0.39 is 0 Å². The van der Waals surface area contributed by atoms with Crippen molar-refractivity contribution in [1.29, 1.82) is 0 Å². The Labute approximate surface area is 156 Å². The molecule has 0 spiro atoms. The Morgan fingerprint density at radius 2 is 1.83 bits per heavy atom. The minimum absolute atomic E-state index is 0. The number of aliphatic imine (C=N–C) groups is 1. The molecule has 23 heavy (non-hydrogen) atoms. The first-order valence-electron chi connectivity index (χ1n) is 7.40. The van der Waals surface area contributed by atoms with Gasteiger partial charge in [-0.3, -0.25) is 4.99 Å². The maximum Gasteiger partial charge on any atom is 0.191 e. The number of hydrogen-bond acceptors (Lipinski definition) is 4. The lowest BCUT2D eigenvalue weighted by atomic mass is 10.2. The number of nitrogens with zero attached hydrogens (tertiary/aromatic N) is 2. The number of nitrogens with one attached hydrogen (secondary N) is 2. The Morgan fingerprint density at radius 1 is 1.13 bits per heavy atom. The Bertz CT molecular complexity index is 481. The van der Waals surface area contributed by atoms with Gasteiger partial charge >= 0.3 is 0 Å². The molecule has 1 aromatic carbocycles. The van der Waals surface area contributed by atoms with E-state index in [4.69, 9.17) is 9.47 Å². The minimum Gasteiger partial charge on any atom is -0.493 e. The van der Waals surface area contributed by atoms with Gasteiger partial charge in [0.25, 0.3) is 0 Å². The lowest BCUT2D eigenvalue weighted by Gasteiger charge is -2.14. The van der Waals surface area contributed by atoms with E-state index in [2.05, 4.69) is 34.6 Å². The molecule has 0 aliphatic carbocycles. The molecule has 0 fully saturated rings. The van der Waals surface area contributed by atoms with Crippen molar-refractivity contribution in [2.45, 2.75) is 13.0 Å². The molecule has 2 N–H and O–H groups in total. The fourth-order valence-electron chi connectivity index (χ4n) is 2.00. The number of benzene rings is 1. The van der Waals surface area contributed by atoms with Gasteiger partial charge in [-0.25, -0.2) is 0 Å². The number of rotatable bonds is 8. The largest absolute Gasteiger partial charge is 0.493 e. The van der Waals surface area contributed by atoms with Crippen molar-refractivity contribution < 1.29 is 9.47 Å². The predicted molar refractivity (Wildman–Crippen MR) is 106 cm³/mol. The molecule has 7 heteroatoms. The predicted octanol–water partition coefficient (Wildman–Crippen LogP) is 1.94. The van der Waals surface area contributed by atoms with Gasteiger partial charge in [0.1, 0.15) is 0 Å². The highest BCUT2D eigenvalue weighted by Crippen LogP contribution is 2.27. The zero-order valence-electron chi connectivity index (χ0n) is 14.7. The van der Waals surface area contributed by atoms with Gasteiger partial charge in [-0.1, -0.05) is 6.07 Å². The van der Waals surface area contributed by atoms with Gasteiger partial charge in [-0.2, -0.15) is 0 Å². The van der Waals surface area contributed by atoms with Crippen LogP contribution in [0.4, 0.5) is 0 Å². The molecule has 0 saturated carbocycles. The summed E-state index contributed by atoms with van der Waals surface area (Å²) in [5, 5.41) is 6.59. The second-order valence-corrected chi connectivity index (χ2v) is 5.20. The molecule has 0 unspecified atom stereocenters. The van der Waals surface area contributed by atoms with Crippen molar-refractivity contribution in [3.8, 4) is 11.5 Å². The monoisotopic (exact) mass is 436 g/mol. The fraction of sp³-hybridized carbons (Fsp3) is 0.562. The van der Waals surface area contributed by atoms with Crippen molar-refractivity contribution >= 4 is 29.9 Å². The van der Waals surface area contributed by atoms with Crippen LogP contribution in [0.5, 0.6) is 11.5 Å². The summed E-state index contributed by atoms with van der Waals surface area (Å²) in [7, 11) is 9.19. The second-order valence-electron chi connectivity index (χ2n) is 5.20. The molecule has 0 aliphatic rings. The van der Waals surface area contributed by atoms with Crippen molar-refractivity contribution in [2.24, 2.45) is 4.99 Å². The van der Waals surface area contributed by atoms with E-state index in [9.17, 15) is 0 Å². The van der Waals surface area contributed by atoms with Gasteiger partial charge < -0.3 is 25.0 Å². The summed E-state index contributed by atoms with van der Waals surface area (Å²) in [6.45, 7) is 2.62. The number of halogens is 1. The lowest BCUT2D eigenvalue weighted by molar-refractivity contribution is 0.354. The van der Waals surface area contributed by atoms with Crippen LogP contribution in [0.25, 0.3) is 0 Å². The van der Waals surface area contributed by atoms with Crippen LogP contribution in [0.2, 0.25) is 0 Å². The molecule has 1 aromatic rings. The molecule has 0 radical (unpaired) electrons. The average molecular weight is 436 g/mol. The number of hydrogen-bond donors (Lipinski definition) is 2. The van der Waals surface area contributed by atoms with Crippen molar-refractivity contribution in [1.82, 2.24) is 15.5 Å². The summed E-state index contributed by atoms with van der Waals surface area (Å²) >= 11 is 0. The number of ether oxygens (including phenoxy) is 2. The molecule has 0 amide bonds. The topological polar surface area (TPSA) is 58.1 Å². The molecule has 0 heterocycles. The third-order valence-electron chi connectivity index (χ3n) is 3.21. The van der Waals surface area contributed by atoms with Gasteiger partial charge in [0.15, 0.2) is 17.5 Å². The molecule has 0 atom stereocenters. The molecule has 0 aromatic heterocycles. The van der Waals surface area contributed by atoms with Crippen LogP contribution < -0.4 is 20.1 Å². The fourth-order valence-corrected chi connectivity index (χ4v) is 2.00. The standard InChI is InChI=1S/C16H28N4O2.HI/c1-17-16(18-9-6-10-20(2)3)19-12-13-7-8-14(21-4)15(11-13)22-5;/h7-8,11H,6,9-10,12H2,1-5H3,(H2,17,18,19);1H. The first kappa shape index (κ1) is 21.8. The summed E-state index contributed by atoms with van der Waals surface area (Å²) in [6.07, 6.45) is 1.07. The van der Waals surface area contributed by atoms with Crippen molar-refractivity contribution in [2.75, 3.05) is 48.5 Å². The van der Waals surface area contributed by atoms with E-state index in [0.29, 0.717) is 6.54 Å². The van der Waals surface area contributed by atoms with Crippen LogP contribution in [0.15, 0.2) is 23.2 Å². The third kappa shape index (κ3) is 8.26. The lowest BCUT2D eigenvalue weighted by Crippen LogP contribution is -2.38. The molecule has 6 nitrogen and oxygen atoms in total. The van der Waals surface area contributed by atoms with Gasteiger partial charge in [-0.15, -0.1) is 24.0 Å². The molecule has 0 aliphatic heterocycles. The maximum atomic E-state index is 5.31. The molecular formula is C16H29IN4O2. The highest BCUT2D eigenvalue weighted by atomic mass is 127. The van der Waals surface area contributed by atoms with Crippen LogP contribution in [0.3, 0.4) is 0 Å². The van der Waals surface area contributed by atoms with Crippen LogP contribution >= 0.6 is 24.0 Å². The Hall–Kier alpha value is -1.22. The van der Waals surface area contributed by atoms with Gasteiger partial charge in [-0.05, 0) is 44.8 Å². The zero-order valence-corrected chi connectivity index (χ0v) is 17.0. The highest BCUT2D eigenvalue weighted by molar-refractivity contribution is 14.0. The van der Waals surface area contributed by atoms with E-state index in [1.807, 2.05) is 18.2 Å². The van der Waals surface area contributed by atoms with E-state index in [0.717, 1.165) is 42.5 Å². The summed E-state index contributed by atoms with van der Waals surface area (Å²) < 4.78 is 10.5. The normalized spacial score (nSPS) is 11.0. The SMILES string of the molecule is CN=C(NCCCN(C)C)NCc1ccc(OC)c(OC)c1.I. The van der Waals surface area contributed by atoms with Crippen molar-refractivity contribution in [3.63, 3.8) is 0 Å². The van der Waals surface area contributed by atoms with Gasteiger partial charge in [0.05, 0.1) is 14.2 Å². The smallest absolute Gasteiger partial charge is 0.191 e. The summed E-state index contributed by atoms with van der Waals surface area (Å²) in [5.41, 5.74) is 1.11. The molecule has 0 saturated heterocycles. The number of methoxy groups -OCH3 is 2. The summed E-state index contributed by atoms with van der Waals surface area (Å²) in [4.78, 5) is 6.39.